The molecule has 0 unspecified atom stereocenters. The highest BCUT2D eigenvalue weighted by molar-refractivity contribution is 4.89. The fourth-order valence-corrected chi connectivity index (χ4v) is 1.51. The highest BCUT2D eigenvalue weighted by Gasteiger charge is 2.44. The lowest BCUT2D eigenvalue weighted by atomic mass is 9.99. The molecule has 0 radical (unpaired) electrons. The minimum absolute atomic E-state index is 0.495. The maximum absolute atomic E-state index is 9.56. The maximum Gasteiger partial charge on any atom is 0.187 e. The molecule has 1 heterocycles. The monoisotopic (exact) mass is 254 g/mol. The van der Waals surface area contributed by atoms with Gasteiger partial charge in [-0.25, -0.2) is 0 Å². The number of hydrogen-bond acceptors (Lipinski definition) is 8. The summed E-state index contributed by atoms with van der Waals surface area (Å²) >= 11 is 0. The average Bonchev–Trinajstić information content (AvgIpc) is 2.35. The van der Waals surface area contributed by atoms with Gasteiger partial charge in [0, 0.05) is 0 Å². The first-order valence-corrected chi connectivity index (χ1v) is 5.22. The molecule has 0 aromatic heterocycles. The smallest absolute Gasteiger partial charge is 0.187 e. The molecular weight excluding hydrogens is 236 g/mol. The second-order valence-electron chi connectivity index (χ2n) is 3.82. The Morgan fingerprint density at radius 1 is 0.941 bits per heavy atom. The molecule has 5 atom stereocenters. The molecule has 102 valence electrons. The van der Waals surface area contributed by atoms with Crippen LogP contribution in [0.25, 0.3) is 0 Å². The molecule has 8 heteroatoms. The minimum Gasteiger partial charge on any atom is -0.394 e. The molecule has 1 saturated heterocycles. The molecule has 17 heavy (non-hydrogen) atoms. The van der Waals surface area contributed by atoms with Crippen LogP contribution in [-0.4, -0.2) is 87.3 Å². The van der Waals surface area contributed by atoms with Gasteiger partial charge in [-0.05, 0) is 0 Å². The molecule has 0 aromatic carbocycles. The summed E-state index contributed by atoms with van der Waals surface area (Å²) < 4.78 is 10.0. The fraction of sp³-hybridized carbons (Fsp3) is 1.00. The van der Waals surface area contributed by atoms with Crippen molar-refractivity contribution in [1.29, 1.82) is 0 Å². The Bertz CT molecular complexity index is 217. The summed E-state index contributed by atoms with van der Waals surface area (Å²) in [6.07, 6.45) is -7.92. The van der Waals surface area contributed by atoms with Crippen LogP contribution in [0.15, 0.2) is 0 Å². The van der Waals surface area contributed by atoms with Gasteiger partial charge < -0.3 is 40.1 Å². The van der Waals surface area contributed by atoms with Crippen LogP contribution in [0.5, 0.6) is 0 Å². The number of ether oxygens (including phenoxy) is 2. The lowest BCUT2D eigenvalue weighted by Gasteiger charge is -2.40. The van der Waals surface area contributed by atoms with Crippen LogP contribution in [0, 0.1) is 0 Å². The molecule has 1 rings (SSSR count). The molecule has 0 amide bonds. The van der Waals surface area contributed by atoms with E-state index in [0.29, 0.717) is 0 Å². The van der Waals surface area contributed by atoms with Crippen LogP contribution in [0.1, 0.15) is 0 Å². The average molecular weight is 254 g/mol. The van der Waals surface area contributed by atoms with Crippen molar-refractivity contribution in [2.24, 2.45) is 0 Å². The minimum atomic E-state index is -1.54. The molecule has 1 aliphatic heterocycles. The molecule has 6 N–H and O–H groups in total. The maximum atomic E-state index is 9.56. The van der Waals surface area contributed by atoms with Crippen molar-refractivity contribution in [2.75, 3.05) is 19.8 Å². The molecule has 0 spiro atoms. The van der Waals surface area contributed by atoms with Gasteiger partial charge in [-0.15, -0.1) is 0 Å². The number of aliphatic hydroxyl groups excluding tert-OH is 6. The molecule has 0 saturated carbocycles. The van der Waals surface area contributed by atoms with Gasteiger partial charge in [-0.2, -0.15) is 0 Å². The van der Waals surface area contributed by atoms with E-state index in [2.05, 4.69) is 0 Å². The first-order valence-electron chi connectivity index (χ1n) is 5.22. The van der Waals surface area contributed by atoms with E-state index in [1.807, 2.05) is 0 Å². The van der Waals surface area contributed by atoms with E-state index in [9.17, 15) is 15.3 Å². The summed E-state index contributed by atoms with van der Waals surface area (Å²) in [4.78, 5) is 0. The van der Waals surface area contributed by atoms with Crippen molar-refractivity contribution >= 4 is 0 Å². The van der Waals surface area contributed by atoms with Gasteiger partial charge in [0.1, 0.15) is 30.5 Å². The predicted octanol–water partition coefficient (Wildman–Crippen LogP) is -3.84. The van der Waals surface area contributed by atoms with Gasteiger partial charge in [0.25, 0.3) is 0 Å². The number of hydrogen-bond donors (Lipinski definition) is 6. The second kappa shape index (κ2) is 6.57. The van der Waals surface area contributed by atoms with Crippen molar-refractivity contribution < 1.29 is 40.1 Å². The Hall–Kier alpha value is -0.320. The van der Waals surface area contributed by atoms with Crippen LogP contribution in [-0.2, 0) is 9.47 Å². The normalized spacial score (nSPS) is 38.6. The molecule has 0 aromatic rings. The molecule has 8 nitrogen and oxygen atoms in total. The lowest BCUT2D eigenvalue weighted by Crippen LogP contribution is -2.60. The van der Waals surface area contributed by atoms with Crippen LogP contribution < -0.4 is 0 Å². The van der Waals surface area contributed by atoms with Crippen molar-refractivity contribution in [3.05, 3.63) is 0 Å². The number of aliphatic hydroxyl groups is 6. The molecular formula is C9H18O8. The van der Waals surface area contributed by atoms with Crippen LogP contribution in [0.3, 0.4) is 0 Å². The van der Waals surface area contributed by atoms with Crippen molar-refractivity contribution in [3.8, 4) is 0 Å². The van der Waals surface area contributed by atoms with Gasteiger partial charge in [-0.3, -0.25) is 0 Å². The van der Waals surface area contributed by atoms with E-state index < -0.39 is 56.6 Å². The Morgan fingerprint density at radius 2 is 1.53 bits per heavy atom. The summed E-state index contributed by atoms with van der Waals surface area (Å²) in [5.74, 6) is 0. The van der Waals surface area contributed by atoms with Gasteiger partial charge in [0.05, 0.1) is 19.8 Å². The standard InChI is InChI=1S/C9H18O8/c10-1-4(2-11)16-9-8(15)7(14)6(13)5(3-12)17-9/h4-15H,1-3H2/t5-,6-,7-,8-,9+/m0/s1. The fourth-order valence-electron chi connectivity index (χ4n) is 1.51. The third-order valence-corrected chi connectivity index (χ3v) is 2.58. The van der Waals surface area contributed by atoms with E-state index in [-0.39, 0.29) is 0 Å². The summed E-state index contributed by atoms with van der Waals surface area (Å²) in [5, 5.41) is 55.0. The first kappa shape index (κ1) is 14.7. The van der Waals surface area contributed by atoms with Crippen LogP contribution in [0.2, 0.25) is 0 Å². The zero-order valence-corrected chi connectivity index (χ0v) is 9.09. The highest BCUT2D eigenvalue weighted by atomic mass is 16.7. The lowest BCUT2D eigenvalue weighted by molar-refractivity contribution is -0.315. The van der Waals surface area contributed by atoms with E-state index in [1.165, 1.54) is 0 Å². The Morgan fingerprint density at radius 3 is 2.00 bits per heavy atom. The van der Waals surface area contributed by atoms with Crippen molar-refractivity contribution in [3.63, 3.8) is 0 Å². The summed E-state index contributed by atoms with van der Waals surface area (Å²) in [7, 11) is 0. The molecule has 0 aliphatic carbocycles. The van der Waals surface area contributed by atoms with Crippen molar-refractivity contribution in [1.82, 2.24) is 0 Å². The van der Waals surface area contributed by atoms with E-state index in [4.69, 9.17) is 24.8 Å². The van der Waals surface area contributed by atoms with Gasteiger partial charge in [-0.1, -0.05) is 0 Å². The van der Waals surface area contributed by atoms with E-state index in [0.717, 1.165) is 0 Å². The van der Waals surface area contributed by atoms with Crippen LogP contribution in [0.4, 0.5) is 0 Å². The Kier molecular flexibility index (Phi) is 5.70. The first-order chi connectivity index (χ1) is 8.04. The zero-order valence-electron chi connectivity index (χ0n) is 9.09. The molecule has 1 aliphatic rings. The molecule has 0 bridgehead atoms. The van der Waals surface area contributed by atoms with Gasteiger partial charge in [0.15, 0.2) is 6.29 Å². The zero-order chi connectivity index (χ0) is 13.0. The SMILES string of the molecule is OCC(CO)O[C@@H]1O[C@@H](CO)[C@H](O)[C@H](O)[C@@H]1O. The summed E-state index contributed by atoms with van der Waals surface area (Å²) in [6, 6.07) is 0. The van der Waals surface area contributed by atoms with Crippen LogP contribution >= 0.6 is 0 Å². The van der Waals surface area contributed by atoms with E-state index >= 15 is 0 Å². The van der Waals surface area contributed by atoms with Gasteiger partial charge >= 0.3 is 0 Å². The summed E-state index contributed by atoms with van der Waals surface area (Å²) in [5.41, 5.74) is 0. The Labute approximate surface area is 97.6 Å². The topological polar surface area (TPSA) is 140 Å². The summed E-state index contributed by atoms with van der Waals surface area (Å²) in [6.45, 7) is -1.55. The van der Waals surface area contributed by atoms with Gasteiger partial charge in [0.2, 0.25) is 0 Å². The second-order valence-corrected chi connectivity index (χ2v) is 3.82. The Balaban J connectivity index is 2.65. The molecule has 1 fully saturated rings. The quantitative estimate of drug-likeness (QED) is 0.293. The number of rotatable bonds is 5. The van der Waals surface area contributed by atoms with Crippen molar-refractivity contribution in [2.45, 2.75) is 36.8 Å². The highest BCUT2D eigenvalue weighted by Crippen LogP contribution is 2.22. The van der Waals surface area contributed by atoms with E-state index in [1.54, 1.807) is 0 Å². The predicted molar refractivity (Wildman–Crippen MR) is 52.8 cm³/mol. The third kappa shape index (κ3) is 3.33. The third-order valence-electron chi connectivity index (χ3n) is 2.58. The largest absolute Gasteiger partial charge is 0.394 e.